The Morgan fingerprint density at radius 1 is 1.24 bits per heavy atom. The van der Waals surface area contributed by atoms with E-state index in [1.54, 1.807) is 6.20 Å². The molecule has 1 fully saturated rings. The Labute approximate surface area is 126 Å². The molecular weight excluding hydrogens is 260 g/mol. The van der Waals surface area contributed by atoms with Gasteiger partial charge in [0.15, 0.2) is 5.78 Å². The predicted octanol–water partition coefficient (Wildman–Crippen LogP) is 3.53. The summed E-state index contributed by atoms with van der Waals surface area (Å²) < 4.78 is 2.06. The minimum absolute atomic E-state index is 0.286. The summed E-state index contributed by atoms with van der Waals surface area (Å²) in [6.07, 6.45) is 8.41. The Morgan fingerprint density at radius 2 is 1.95 bits per heavy atom. The molecule has 2 aromatic rings. The molecule has 1 aromatic carbocycles. The first kappa shape index (κ1) is 14.1. The molecule has 0 radical (unpaired) electrons. The molecule has 1 heterocycles. The van der Waals surface area contributed by atoms with E-state index in [9.17, 15) is 4.79 Å². The summed E-state index contributed by atoms with van der Waals surface area (Å²) in [7, 11) is 0. The number of carbonyl (C=O) groups is 1. The Hall–Kier alpha value is -1.90. The van der Waals surface area contributed by atoms with Crippen molar-refractivity contribution in [1.29, 1.82) is 0 Å². The van der Waals surface area contributed by atoms with Gasteiger partial charge >= 0.3 is 0 Å². The van der Waals surface area contributed by atoms with Gasteiger partial charge < -0.3 is 4.57 Å². The van der Waals surface area contributed by atoms with Gasteiger partial charge in [-0.15, -0.1) is 0 Å². The lowest BCUT2D eigenvalue weighted by Crippen LogP contribution is -2.34. The van der Waals surface area contributed by atoms with Crippen LogP contribution in [0.4, 0.5) is 0 Å². The summed E-state index contributed by atoms with van der Waals surface area (Å²) in [6, 6.07) is 10.3. The molecule has 0 aliphatic heterocycles. The summed E-state index contributed by atoms with van der Waals surface area (Å²) in [6.45, 7) is 2.94. The van der Waals surface area contributed by atoms with Gasteiger partial charge in [0.05, 0.1) is 11.8 Å². The maximum absolute atomic E-state index is 13.0. The Morgan fingerprint density at radius 3 is 2.62 bits per heavy atom. The van der Waals surface area contributed by atoms with Gasteiger partial charge in [-0.1, -0.05) is 43.2 Å². The number of hydrogen-bond acceptors (Lipinski definition) is 2. The Kier molecular flexibility index (Phi) is 3.91. The zero-order valence-corrected chi connectivity index (χ0v) is 12.6. The van der Waals surface area contributed by atoms with E-state index in [1.165, 1.54) is 5.56 Å². The van der Waals surface area contributed by atoms with Crippen LogP contribution in [0.1, 0.15) is 44.0 Å². The molecule has 3 heteroatoms. The summed E-state index contributed by atoms with van der Waals surface area (Å²) in [5, 5.41) is 0. The van der Waals surface area contributed by atoms with Gasteiger partial charge in [-0.05, 0) is 25.3 Å². The lowest BCUT2D eigenvalue weighted by atomic mass is 9.74. The van der Waals surface area contributed by atoms with E-state index in [-0.39, 0.29) is 5.41 Å². The summed E-state index contributed by atoms with van der Waals surface area (Å²) in [4.78, 5) is 17.4. The fourth-order valence-corrected chi connectivity index (χ4v) is 3.57. The van der Waals surface area contributed by atoms with Crippen molar-refractivity contribution in [1.82, 2.24) is 9.55 Å². The standard InChI is InChI=1S/C18H22N2O/c1-2-20-13-12-19-17(20)14-16(21)18(10-6-7-11-18)15-8-4-3-5-9-15/h3-5,8-9,12-13H,2,6-7,10-11,14H2,1H3. The quantitative estimate of drug-likeness (QED) is 0.841. The van der Waals surface area contributed by atoms with Crippen LogP contribution in [0, 0.1) is 0 Å². The zero-order valence-electron chi connectivity index (χ0n) is 12.6. The SMILES string of the molecule is CCn1ccnc1CC(=O)C1(c2ccccc2)CCCC1. The molecule has 1 aliphatic carbocycles. The molecule has 0 atom stereocenters. The first-order valence-electron chi connectivity index (χ1n) is 7.85. The number of rotatable bonds is 5. The summed E-state index contributed by atoms with van der Waals surface area (Å²) in [5.41, 5.74) is 0.897. The highest BCUT2D eigenvalue weighted by Crippen LogP contribution is 2.42. The number of nitrogens with zero attached hydrogens (tertiary/aromatic N) is 2. The van der Waals surface area contributed by atoms with Gasteiger partial charge in [0.1, 0.15) is 5.82 Å². The molecule has 1 aromatic heterocycles. The molecule has 0 bridgehead atoms. The van der Waals surface area contributed by atoms with Crippen molar-refractivity contribution in [3.8, 4) is 0 Å². The van der Waals surface area contributed by atoms with Gasteiger partial charge in [0, 0.05) is 18.9 Å². The molecule has 1 aliphatic rings. The maximum Gasteiger partial charge on any atom is 0.150 e. The molecule has 0 amide bonds. The molecule has 3 rings (SSSR count). The van der Waals surface area contributed by atoms with Crippen molar-refractivity contribution in [2.45, 2.75) is 51.0 Å². The monoisotopic (exact) mass is 282 g/mol. The topological polar surface area (TPSA) is 34.9 Å². The van der Waals surface area contributed by atoms with Crippen LogP contribution in [0.5, 0.6) is 0 Å². The fraction of sp³-hybridized carbons (Fsp3) is 0.444. The predicted molar refractivity (Wildman–Crippen MR) is 83.2 cm³/mol. The van der Waals surface area contributed by atoms with Crippen LogP contribution in [0.2, 0.25) is 0 Å². The highest BCUT2D eigenvalue weighted by atomic mass is 16.1. The van der Waals surface area contributed by atoms with Crippen molar-refractivity contribution >= 4 is 5.78 Å². The first-order chi connectivity index (χ1) is 10.3. The number of carbonyl (C=O) groups excluding carboxylic acids is 1. The van der Waals surface area contributed by atoms with Crippen LogP contribution in [0.25, 0.3) is 0 Å². The normalized spacial score (nSPS) is 17.0. The van der Waals surface area contributed by atoms with Crippen LogP contribution in [0.15, 0.2) is 42.7 Å². The lowest BCUT2D eigenvalue weighted by Gasteiger charge is -2.28. The number of aryl methyl sites for hydroxylation is 1. The minimum atomic E-state index is -0.286. The first-order valence-corrected chi connectivity index (χ1v) is 7.85. The van der Waals surface area contributed by atoms with Gasteiger partial charge in [0.25, 0.3) is 0 Å². The second-order valence-corrected chi connectivity index (χ2v) is 5.88. The number of hydrogen-bond donors (Lipinski definition) is 0. The molecule has 0 spiro atoms. The maximum atomic E-state index is 13.0. The summed E-state index contributed by atoms with van der Waals surface area (Å²) in [5.74, 6) is 1.22. The molecule has 1 saturated carbocycles. The van der Waals surface area contributed by atoms with E-state index < -0.39 is 0 Å². The van der Waals surface area contributed by atoms with Crippen molar-refractivity contribution < 1.29 is 4.79 Å². The number of ketones is 1. The zero-order chi connectivity index (χ0) is 14.7. The number of aromatic nitrogens is 2. The van der Waals surface area contributed by atoms with E-state index in [1.807, 2.05) is 24.4 Å². The van der Waals surface area contributed by atoms with Gasteiger partial charge in [0.2, 0.25) is 0 Å². The number of Topliss-reactive ketones (excluding diaryl/α,β-unsaturated/α-hetero) is 1. The van der Waals surface area contributed by atoms with Crippen LogP contribution < -0.4 is 0 Å². The minimum Gasteiger partial charge on any atom is -0.335 e. The third-order valence-corrected chi connectivity index (χ3v) is 4.78. The second-order valence-electron chi connectivity index (χ2n) is 5.88. The van der Waals surface area contributed by atoms with E-state index in [4.69, 9.17) is 0 Å². The van der Waals surface area contributed by atoms with Crippen molar-refractivity contribution in [2.24, 2.45) is 0 Å². The van der Waals surface area contributed by atoms with E-state index in [0.717, 1.165) is 38.1 Å². The average molecular weight is 282 g/mol. The lowest BCUT2D eigenvalue weighted by molar-refractivity contribution is -0.124. The number of benzene rings is 1. The van der Waals surface area contributed by atoms with Gasteiger partial charge in [-0.2, -0.15) is 0 Å². The molecular formula is C18H22N2O. The van der Waals surface area contributed by atoms with Crippen LogP contribution in [-0.4, -0.2) is 15.3 Å². The highest BCUT2D eigenvalue weighted by Gasteiger charge is 2.42. The fourth-order valence-electron chi connectivity index (χ4n) is 3.57. The molecule has 0 N–H and O–H groups in total. The summed E-state index contributed by atoms with van der Waals surface area (Å²) >= 11 is 0. The molecule has 0 saturated heterocycles. The Balaban J connectivity index is 1.90. The van der Waals surface area contributed by atoms with Gasteiger partial charge in [-0.3, -0.25) is 4.79 Å². The molecule has 0 unspecified atom stereocenters. The van der Waals surface area contributed by atoms with Crippen LogP contribution in [-0.2, 0) is 23.2 Å². The van der Waals surface area contributed by atoms with Crippen molar-refractivity contribution in [3.63, 3.8) is 0 Å². The van der Waals surface area contributed by atoms with E-state index in [0.29, 0.717) is 12.2 Å². The van der Waals surface area contributed by atoms with Gasteiger partial charge in [-0.25, -0.2) is 4.98 Å². The molecule has 21 heavy (non-hydrogen) atoms. The molecule has 3 nitrogen and oxygen atoms in total. The third kappa shape index (κ3) is 2.53. The number of imidazole rings is 1. The Bertz CT molecular complexity index is 609. The van der Waals surface area contributed by atoms with Crippen LogP contribution >= 0.6 is 0 Å². The van der Waals surface area contributed by atoms with Crippen molar-refractivity contribution in [3.05, 3.63) is 54.1 Å². The highest BCUT2D eigenvalue weighted by molar-refractivity contribution is 5.91. The van der Waals surface area contributed by atoms with E-state index in [2.05, 4.69) is 28.6 Å². The van der Waals surface area contributed by atoms with Crippen molar-refractivity contribution in [2.75, 3.05) is 0 Å². The molecule has 110 valence electrons. The largest absolute Gasteiger partial charge is 0.335 e. The van der Waals surface area contributed by atoms with E-state index >= 15 is 0 Å². The second kappa shape index (κ2) is 5.84. The van der Waals surface area contributed by atoms with Crippen LogP contribution in [0.3, 0.4) is 0 Å². The third-order valence-electron chi connectivity index (χ3n) is 4.78. The average Bonchev–Trinajstić information content (AvgIpc) is 3.17. The smallest absolute Gasteiger partial charge is 0.150 e.